The monoisotopic (exact) mass is 433 g/mol. The number of H-pyrrole nitrogens is 1. The molecule has 5 heteroatoms. The summed E-state index contributed by atoms with van der Waals surface area (Å²) in [5, 5.41) is 1.89. The number of ether oxygens (including phenoxy) is 2. The van der Waals surface area contributed by atoms with Crippen molar-refractivity contribution in [2.75, 3.05) is 13.7 Å². The van der Waals surface area contributed by atoms with Crippen molar-refractivity contribution in [2.45, 2.75) is 19.3 Å². The molecule has 0 unspecified atom stereocenters. The average molecular weight is 434 g/mol. The number of aryl methyl sites for hydroxylation is 1. The van der Waals surface area contributed by atoms with E-state index in [0.29, 0.717) is 19.4 Å². The Morgan fingerprint density at radius 3 is 2.71 bits per heavy atom. The number of methoxy groups -OCH3 is 1. The molecule has 0 saturated heterocycles. The molecule has 0 atom stereocenters. The van der Waals surface area contributed by atoms with E-state index in [9.17, 15) is 4.79 Å². The summed E-state index contributed by atoms with van der Waals surface area (Å²) in [6.07, 6.45) is 3.62. The summed E-state index contributed by atoms with van der Waals surface area (Å²) in [5.41, 5.74) is 5.29. The van der Waals surface area contributed by atoms with Crippen molar-refractivity contribution < 1.29 is 14.3 Å². The van der Waals surface area contributed by atoms with E-state index in [1.807, 2.05) is 42.6 Å². The lowest BCUT2D eigenvalue weighted by Crippen LogP contribution is -2.04. The SMILES string of the molecule is COC(=O)CCc1ccc(OCCc2ccccc2Cl)c(-c2ccc3[nH]ccc3c2)c1. The summed E-state index contributed by atoms with van der Waals surface area (Å²) in [7, 11) is 1.41. The molecule has 3 aromatic carbocycles. The molecule has 4 rings (SSSR count). The largest absolute Gasteiger partial charge is 0.493 e. The minimum Gasteiger partial charge on any atom is -0.493 e. The Morgan fingerprint density at radius 1 is 1.00 bits per heavy atom. The topological polar surface area (TPSA) is 51.3 Å². The number of carbonyl (C=O) groups excluding carboxylic acids is 1. The first-order valence-electron chi connectivity index (χ1n) is 10.3. The van der Waals surface area contributed by atoms with Crippen LogP contribution in [0.5, 0.6) is 5.75 Å². The molecule has 31 heavy (non-hydrogen) atoms. The number of esters is 1. The van der Waals surface area contributed by atoms with E-state index < -0.39 is 0 Å². The van der Waals surface area contributed by atoms with Crippen LogP contribution in [0.3, 0.4) is 0 Å². The van der Waals surface area contributed by atoms with Crippen LogP contribution in [0.2, 0.25) is 5.02 Å². The number of halogens is 1. The van der Waals surface area contributed by atoms with Crippen LogP contribution in [0.15, 0.2) is 72.9 Å². The molecule has 0 fully saturated rings. The summed E-state index contributed by atoms with van der Waals surface area (Å²) in [4.78, 5) is 14.8. The highest BCUT2D eigenvalue weighted by Gasteiger charge is 2.11. The van der Waals surface area contributed by atoms with Crippen LogP contribution in [0, 0.1) is 0 Å². The smallest absolute Gasteiger partial charge is 0.305 e. The quantitative estimate of drug-likeness (QED) is 0.336. The van der Waals surface area contributed by atoms with E-state index in [0.717, 1.165) is 50.3 Å². The first kappa shape index (κ1) is 21.0. The van der Waals surface area contributed by atoms with Gasteiger partial charge in [0.25, 0.3) is 0 Å². The number of aromatic nitrogens is 1. The molecule has 0 saturated carbocycles. The molecule has 1 aromatic heterocycles. The van der Waals surface area contributed by atoms with E-state index in [4.69, 9.17) is 21.1 Å². The van der Waals surface area contributed by atoms with Gasteiger partial charge in [0.1, 0.15) is 5.75 Å². The molecule has 1 heterocycles. The Morgan fingerprint density at radius 2 is 1.87 bits per heavy atom. The van der Waals surface area contributed by atoms with E-state index in [1.165, 1.54) is 7.11 Å². The molecular weight excluding hydrogens is 410 g/mol. The van der Waals surface area contributed by atoms with Gasteiger partial charge in [-0.1, -0.05) is 41.9 Å². The van der Waals surface area contributed by atoms with Gasteiger partial charge in [0.15, 0.2) is 0 Å². The number of nitrogens with one attached hydrogen (secondary N) is 1. The predicted molar refractivity (Wildman–Crippen MR) is 125 cm³/mol. The lowest BCUT2D eigenvalue weighted by molar-refractivity contribution is -0.140. The van der Waals surface area contributed by atoms with E-state index in [2.05, 4.69) is 35.3 Å². The maximum absolute atomic E-state index is 11.6. The van der Waals surface area contributed by atoms with Gasteiger partial charge < -0.3 is 14.5 Å². The summed E-state index contributed by atoms with van der Waals surface area (Å²) in [5.74, 6) is 0.596. The van der Waals surface area contributed by atoms with Crippen LogP contribution in [0.25, 0.3) is 22.0 Å². The summed E-state index contributed by atoms with van der Waals surface area (Å²) in [6, 6.07) is 22.3. The predicted octanol–water partition coefficient (Wildman–Crippen LogP) is 6.22. The van der Waals surface area contributed by atoms with Crippen molar-refractivity contribution in [3.63, 3.8) is 0 Å². The first-order chi connectivity index (χ1) is 15.1. The second-order valence-electron chi connectivity index (χ2n) is 7.38. The maximum Gasteiger partial charge on any atom is 0.305 e. The second kappa shape index (κ2) is 9.71. The van der Waals surface area contributed by atoms with E-state index in [1.54, 1.807) is 0 Å². The lowest BCUT2D eigenvalue weighted by Gasteiger charge is -2.14. The highest BCUT2D eigenvalue weighted by Crippen LogP contribution is 2.33. The zero-order valence-electron chi connectivity index (χ0n) is 17.4. The van der Waals surface area contributed by atoms with Crippen LogP contribution < -0.4 is 4.74 Å². The Labute approximate surface area is 186 Å². The molecule has 0 radical (unpaired) electrons. The molecule has 4 nitrogen and oxygen atoms in total. The van der Waals surface area contributed by atoms with Gasteiger partial charge >= 0.3 is 5.97 Å². The Balaban J connectivity index is 1.59. The van der Waals surface area contributed by atoms with E-state index in [-0.39, 0.29) is 5.97 Å². The minimum absolute atomic E-state index is 0.213. The first-order valence-corrected chi connectivity index (χ1v) is 10.7. The van der Waals surface area contributed by atoms with Crippen LogP contribution in [-0.4, -0.2) is 24.7 Å². The number of benzene rings is 3. The Bertz CT molecular complexity index is 1200. The molecule has 0 aliphatic rings. The Kier molecular flexibility index (Phi) is 6.58. The highest BCUT2D eigenvalue weighted by molar-refractivity contribution is 6.31. The zero-order valence-corrected chi connectivity index (χ0v) is 18.1. The van der Waals surface area contributed by atoms with Crippen molar-refractivity contribution >= 4 is 28.5 Å². The van der Waals surface area contributed by atoms with Crippen LogP contribution in [0.4, 0.5) is 0 Å². The number of aromatic amines is 1. The number of rotatable bonds is 8. The summed E-state index contributed by atoms with van der Waals surface area (Å²) < 4.78 is 11.0. The second-order valence-corrected chi connectivity index (χ2v) is 7.78. The third kappa shape index (κ3) is 5.09. The van der Waals surface area contributed by atoms with Gasteiger partial charge in [-0.15, -0.1) is 0 Å². The minimum atomic E-state index is -0.213. The van der Waals surface area contributed by atoms with Gasteiger partial charge in [0.2, 0.25) is 0 Å². The average Bonchev–Trinajstić information content (AvgIpc) is 3.27. The summed E-state index contributed by atoms with van der Waals surface area (Å²) >= 11 is 6.27. The van der Waals surface area contributed by atoms with Crippen LogP contribution >= 0.6 is 11.6 Å². The molecule has 0 spiro atoms. The fourth-order valence-corrected chi connectivity index (χ4v) is 3.86. The highest BCUT2D eigenvalue weighted by atomic mass is 35.5. The number of carbonyl (C=O) groups is 1. The molecular formula is C26H24ClNO3. The van der Waals surface area contributed by atoms with E-state index >= 15 is 0 Å². The lowest BCUT2D eigenvalue weighted by atomic mass is 9.98. The third-order valence-corrected chi connectivity index (χ3v) is 5.71. The standard InChI is InChI=1S/C26H24ClNO3/c1-30-26(29)11-7-18-6-10-25(31-15-13-19-4-2-3-5-23(19)27)22(16-18)20-8-9-24-21(17-20)12-14-28-24/h2-6,8-10,12,14,16-17,28H,7,11,13,15H2,1H3. The fraction of sp³-hybridized carbons (Fsp3) is 0.192. The molecule has 1 N–H and O–H groups in total. The van der Waals surface area contributed by atoms with Gasteiger partial charge in [0, 0.05) is 35.1 Å². The Hall–Kier alpha value is -3.24. The van der Waals surface area contributed by atoms with Crippen LogP contribution in [-0.2, 0) is 22.4 Å². The maximum atomic E-state index is 11.6. The molecule has 0 amide bonds. The van der Waals surface area contributed by atoms with Crippen molar-refractivity contribution in [1.82, 2.24) is 4.98 Å². The van der Waals surface area contributed by atoms with Crippen molar-refractivity contribution in [3.8, 4) is 16.9 Å². The van der Waals surface area contributed by atoms with Gasteiger partial charge in [-0.3, -0.25) is 4.79 Å². The molecule has 0 bridgehead atoms. The van der Waals surface area contributed by atoms with Crippen molar-refractivity contribution in [1.29, 1.82) is 0 Å². The number of hydrogen-bond acceptors (Lipinski definition) is 3. The van der Waals surface area contributed by atoms with Crippen molar-refractivity contribution in [3.05, 3.63) is 89.1 Å². The number of hydrogen-bond donors (Lipinski definition) is 1. The van der Waals surface area contributed by atoms with Gasteiger partial charge in [-0.2, -0.15) is 0 Å². The molecule has 158 valence electrons. The molecule has 0 aliphatic heterocycles. The molecule has 4 aromatic rings. The normalized spacial score (nSPS) is 10.9. The number of fused-ring (bicyclic) bond motifs is 1. The fourth-order valence-electron chi connectivity index (χ4n) is 3.63. The molecule has 0 aliphatic carbocycles. The third-order valence-electron chi connectivity index (χ3n) is 5.34. The zero-order chi connectivity index (χ0) is 21.6. The van der Waals surface area contributed by atoms with Crippen LogP contribution in [0.1, 0.15) is 17.5 Å². The van der Waals surface area contributed by atoms with Crippen molar-refractivity contribution in [2.24, 2.45) is 0 Å². The summed E-state index contributed by atoms with van der Waals surface area (Å²) in [6.45, 7) is 0.518. The van der Waals surface area contributed by atoms with Gasteiger partial charge in [-0.05, 0) is 64.9 Å². The van der Waals surface area contributed by atoms with Gasteiger partial charge in [-0.25, -0.2) is 0 Å². The van der Waals surface area contributed by atoms with Gasteiger partial charge in [0.05, 0.1) is 13.7 Å².